The van der Waals surface area contributed by atoms with Crippen molar-refractivity contribution in [2.75, 3.05) is 5.75 Å². The van der Waals surface area contributed by atoms with Crippen LogP contribution in [-0.4, -0.2) is 21.2 Å². The molecule has 0 aliphatic carbocycles. The molecule has 0 aliphatic rings. The minimum Gasteiger partial charge on any atom is -0.478 e. The third-order valence-corrected chi connectivity index (χ3v) is 3.19. The average Bonchev–Trinajstić information content (AvgIpc) is 2.48. The lowest BCUT2D eigenvalue weighted by Crippen LogP contribution is -1.97. The number of carbonyl (C=O) groups is 1. The van der Waals surface area contributed by atoms with E-state index in [0.717, 1.165) is 16.4 Å². The van der Waals surface area contributed by atoms with Gasteiger partial charge < -0.3 is 5.11 Å². The fourth-order valence-corrected chi connectivity index (χ4v) is 2.27. The van der Waals surface area contributed by atoms with Gasteiger partial charge in [0.25, 0.3) is 0 Å². The molecular formula is C7H9NO2S2. The number of carboxylic acids is 1. The predicted octanol–water partition coefficient (Wildman–Crippen LogP) is 2.09. The molecule has 0 saturated heterocycles. The van der Waals surface area contributed by atoms with Gasteiger partial charge in [0.15, 0.2) is 0 Å². The second-order valence-electron chi connectivity index (χ2n) is 2.10. The quantitative estimate of drug-likeness (QED) is 0.814. The fraction of sp³-hybridized carbons (Fsp3) is 0.429. The summed E-state index contributed by atoms with van der Waals surface area (Å²) in [6.07, 6.45) is 1.42. The molecule has 1 aromatic rings. The summed E-state index contributed by atoms with van der Waals surface area (Å²) in [5.41, 5.74) is 0.348. The smallest absolute Gasteiger partial charge is 0.338 e. The van der Waals surface area contributed by atoms with Crippen molar-refractivity contribution < 1.29 is 9.90 Å². The van der Waals surface area contributed by atoms with Crippen LogP contribution in [0.4, 0.5) is 0 Å². The summed E-state index contributed by atoms with van der Waals surface area (Å²) in [4.78, 5) is 11.5. The molecule has 5 heteroatoms. The normalized spacial score (nSPS) is 10.1. The van der Waals surface area contributed by atoms with Gasteiger partial charge in [-0.3, -0.25) is 0 Å². The Morgan fingerprint density at radius 3 is 3.17 bits per heavy atom. The number of hydrogen-bond donors (Lipinski definition) is 1. The number of nitrogens with zero attached hydrogens (tertiary/aromatic N) is 1. The van der Waals surface area contributed by atoms with Crippen molar-refractivity contribution in [1.29, 1.82) is 0 Å². The topological polar surface area (TPSA) is 50.2 Å². The van der Waals surface area contributed by atoms with Crippen LogP contribution >= 0.6 is 23.3 Å². The van der Waals surface area contributed by atoms with Crippen LogP contribution in [0.1, 0.15) is 22.2 Å². The Morgan fingerprint density at radius 2 is 2.58 bits per heavy atom. The van der Waals surface area contributed by atoms with Gasteiger partial charge in [-0.1, -0.05) is 6.92 Å². The van der Waals surface area contributed by atoms with E-state index in [0.29, 0.717) is 5.56 Å². The van der Waals surface area contributed by atoms with Gasteiger partial charge in [-0.15, -0.1) is 0 Å². The molecule has 0 saturated carbocycles. The molecule has 3 nitrogen and oxygen atoms in total. The third-order valence-electron chi connectivity index (χ3n) is 1.31. The van der Waals surface area contributed by atoms with E-state index < -0.39 is 5.97 Å². The van der Waals surface area contributed by atoms with E-state index in [4.69, 9.17) is 5.11 Å². The first-order valence-electron chi connectivity index (χ1n) is 3.50. The summed E-state index contributed by atoms with van der Waals surface area (Å²) in [5, 5.41) is 8.71. The van der Waals surface area contributed by atoms with E-state index >= 15 is 0 Å². The first-order valence-corrected chi connectivity index (χ1v) is 5.43. The van der Waals surface area contributed by atoms with Gasteiger partial charge in [-0.2, -0.15) is 16.1 Å². The Labute approximate surface area is 79.0 Å². The maximum atomic E-state index is 10.6. The highest BCUT2D eigenvalue weighted by Gasteiger charge is 2.11. The lowest BCUT2D eigenvalue weighted by molar-refractivity contribution is 0.0696. The predicted molar refractivity (Wildman–Crippen MR) is 50.9 cm³/mol. The molecule has 1 N–H and O–H groups in total. The van der Waals surface area contributed by atoms with Gasteiger partial charge in [-0.25, -0.2) is 4.79 Å². The van der Waals surface area contributed by atoms with Gasteiger partial charge in [-0.05, 0) is 17.3 Å². The SMILES string of the molecule is CCSCc1sncc1C(=O)O. The van der Waals surface area contributed by atoms with E-state index in [1.54, 1.807) is 11.8 Å². The number of rotatable bonds is 4. The van der Waals surface area contributed by atoms with E-state index in [2.05, 4.69) is 4.37 Å². The molecule has 0 aromatic carbocycles. The van der Waals surface area contributed by atoms with E-state index in [-0.39, 0.29) is 0 Å². The van der Waals surface area contributed by atoms with Gasteiger partial charge in [0.05, 0.1) is 11.8 Å². The van der Waals surface area contributed by atoms with Crippen molar-refractivity contribution in [1.82, 2.24) is 4.37 Å². The molecule has 0 amide bonds. The minimum atomic E-state index is -0.879. The lowest BCUT2D eigenvalue weighted by atomic mass is 10.3. The molecule has 0 atom stereocenters. The lowest BCUT2D eigenvalue weighted by Gasteiger charge is -1.95. The first-order chi connectivity index (χ1) is 5.75. The Hall–Kier alpha value is -0.550. The maximum Gasteiger partial charge on any atom is 0.338 e. The van der Waals surface area contributed by atoms with Crippen molar-refractivity contribution in [2.24, 2.45) is 0 Å². The summed E-state index contributed by atoms with van der Waals surface area (Å²) in [6, 6.07) is 0. The monoisotopic (exact) mass is 203 g/mol. The molecule has 12 heavy (non-hydrogen) atoms. The first kappa shape index (κ1) is 9.54. The Morgan fingerprint density at radius 1 is 1.83 bits per heavy atom. The molecule has 66 valence electrons. The standard InChI is InChI=1S/C7H9NO2S2/c1-2-11-4-6-5(7(9)10)3-8-12-6/h3H,2,4H2,1H3,(H,9,10). The zero-order valence-corrected chi connectivity index (χ0v) is 8.24. The van der Waals surface area contributed by atoms with Crippen LogP contribution in [0.3, 0.4) is 0 Å². The van der Waals surface area contributed by atoms with Crippen molar-refractivity contribution in [3.8, 4) is 0 Å². The zero-order valence-electron chi connectivity index (χ0n) is 6.61. The molecular weight excluding hydrogens is 194 g/mol. The summed E-state index contributed by atoms with van der Waals surface area (Å²) < 4.78 is 3.84. The summed E-state index contributed by atoms with van der Waals surface area (Å²) in [7, 11) is 0. The highest BCUT2D eigenvalue weighted by atomic mass is 32.2. The van der Waals surface area contributed by atoms with E-state index in [1.165, 1.54) is 17.7 Å². The number of aromatic carboxylic acids is 1. The van der Waals surface area contributed by atoms with Gasteiger partial charge in [0, 0.05) is 10.6 Å². The number of thioether (sulfide) groups is 1. The second kappa shape index (κ2) is 4.47. The molecule has 1 aromatic heterocycles. The fourth-order valence-electron chi connectivity index (χ4n) is 0.737. The molecule has 0 unspecified atom stereocenters. The van der Waals surface area contributed by atoms with Crippen LogP contribution in [0, 0.1) is 0 Å². The van der Waals surface area contributed by atoms with Crippen molar-refractivity contribution in [3.05, 3.63) is 16.6 Å². The van der Waals surface area contributed by atoms with Crippen molar-refractivity contribution in [2.45, 2.75) is 12.7 Å². The largest absolute Gasteiger partial charge is 0.478 e. The van der Waals surface area contributed by atoms with Crippen molar-refractivity contribution >= 4 is 29.3 Å². The van der Waals surface area contributed by atoms with Crippen LogP contribution < -0.4 is 0 Å². The van der Waals surface area contributed by atoms with Crippen LogP contribution in [0.2, 0.25) is 0 Å². The van der Waals surface area contributed by atoms with Crippen molar-refractivity contribution in [3.63, 3.8) is 0 Å². The van der Waals surface area contributed by atoms with Crippen LogP contribution in [0.5, 0.6) is 0 Å². The molecule has 1 heterocycles. The van der Waals surface area contributed by atoms with Gasteiger partial charge in [0.2, 0.25) is 0 Å². The van der Waals surface area contributed by atoms with Crippen LogP contribution in [0.25, 0.3) is 0 Å². The number of hydrogen-bond acceptors (Lipinski definition) is 4. The van der Waals surface area contributed by atoms with Crippen LogP contribution in [-0.2, 0) is 5.75 Å². The molecule has 0 spiro atoms. The van der Waals surface area contributed by atoms with E-state index in [9.17, 15) is 4.79 Å². The Balaban J connectivity index is 2.70. The number of carboxylic acid groups (broad SMARTS) is 1. The Bertz CT molecular complexity index is 272. The van der Waals surface area contributed by atoms with Gasteiger partial charge >= 0.3 is 5.97 Å². The van der Waals surface area contributed by atoms with Gasteiger partial charge in [0.1, 0.15) is 0 Å². The van der Waals surface area contributed by atoms with E-state index in [1.807, 2.05) is 6.92 Å². The zero-order chi connectivity index (χ0) is 8.97. The molecule has 0 bridgehead atoms. The minimum absolute atomic E-state index is 0.348. The average molecular weight is 203 g/mol. The summed E-state index contributed by atoms with van der Waals surface area (Å²) in [5.74, 6) is 0.871. The maximum absolute atomic E-state index is 10.6. The third kappa shape index (κ3) is 2.22. The molecule has 0 aliphatic heterocycles. The highest BCUT2D eigenvalue weighted by Crippen LogP contribution is 2.19. The van der Waals surface area contributed by atoms with Crippen LogP contribution in [0.15, 0.2) is 6.20 Å². The summed E-state index contributed by atoms with van der Waals surface area (Å²) in [6.45, 7) is 2.05. The Kier molecular flexibility index (Phi) is 3.55. The molecule has 1 rings (SSSR count). The molecule has 0 radical (unpaired) electrons. The second-order valence-corrected chi connectivity index (χ2v) is 4.27. The molecule has 0 fully saturated rings. The number of aromatic nitrogens is 1. The highest BCUT2D eigenvalue weighted by molar-refractivity contribution is 7.98. The summed E-state index contributed by atoms with van der Waals surface area (Å²) >= 11 is 2.97.